The molecule has 3 aliphatic carbocycles. The van der Waals surface area contributed by atoms with E-state index in [0.717, 1.165) is 32.1 Å². The van der Waals surface area contributed by atoms with Crippen LogP contribution in [0.5, 0.6) is 0 Å². The third kappa shape index (κ3) is 2.38. The third-order valence-corrected chi connectivity index (χ3v) is 8.41. The van der Waals surface area contributed by atoms with Gasteiger partial charge in [-0.25, -0.2) is 4.79 Å². The van der Waals surface area contributed by atoms with Gasteiger partial charge in [-0.05, 0) is 56.3 Å². The highest BCUT2D eigenvalue weighted by Gasteiger charge is 2.66. The molecule has 1 unspecified atom stereocenters. The average Bonchev–Trinajstić information content (AvgIpc) is 2.95. The highest BCUT2D eigenvalue weighted by molar-refractivity contribution is 5.86. The second-order valence-electron chi connectivity index (χ2n) is 9.35. The van der Waals surface area contributed by atoms with E-state index in [0.29, 0.717) is 12.0 Å². The fourth-order valence-corrected chi connectivity index (χ4v) is 7.21. The maximum absolute atomic E-state index is 12.7. The van der Waals surface area contributed by atoms with Gasteiger partial charge in [0.1, 0.15) is 0 Å². The van der Waals surface area contributed by atoms with Gasteiger partial charge < -0.3 is 19.7 Å². The molecule has 3 saturated carbocycles. The van der Waals surface area contributed by atoms with Gasteiger partial charge >= 0.3 is 11.9 Å². The molecule has 0 saturated heterocycles. The Hall–Kier alpha value is -1.40. The van der Waals surface area contributed by atoms with Crippen molar-refractivity contribution in [1.82, 2.24) is 0 Å². The molecule has 4 rings (SSSR count). The van der Waals surface area contributed by atoms with Crippen molar-refractivity contribution in [2.24, 2.45) is 34.5 Å². The molecular weight excluding hydrogens is 348 g/mol. The van der Waals surface area contributed by atoms with Crippen LogP contribution in [0, 0.1) is 34.5 Å². The van der Waals surface area contributed by atoms with Crippen LogP contribution in [-0.4, -0.2) is 41.7 Å². The molecule has 7 atom stereocenters. The van der Waals surface area contributed by atoms with Crippen molar-refractivity contribution in [1.29, 1.82) is 0 Å². The van der Waals surface area contributed by atoms with Crippen molar-refractivity contribution in [2.75, 3.05) is 13.7 Å². The molecule has 0 radical (unpaired) electrons. The van der Waals surface area contributed by atoms with Crippen LogP contribution in [-0.2, 0) is 19.1 Å². The van der Waals surface area contributed by atoms with Crippen LogP contribution in [0.2, 0.25) is 0 Å². The Kier molecular flexibility index (Phi) is 4.24. The summed E-state index contributed by atoms with van der Waals surface area (Å²) < 4.78 is 10.5. The number of carbonyl (C=O) groups is 2. The topological polar surface area (TPSA) is 93.1 Å². The van der Waals surface area contributed by atoms with E-state index in [4.69, 9.17) is 9.47 Å². The molecule has 1 heterocycles. The van der Waals surface area contributed by atoms with Gasteiger partial charge in [0.05, 0.1) is 12.5 Å². The Labute approximate surface area is 159 Å². The molecule has 0 aromatic rings. The lowest BCUT2D eigenvalue weighted by Gasteiger charge is -2.63. The Balaban J connectivity index is 1.77. The van der Waals surface area contributed by atoms with E-state index in [-0.39, 0.29) is 36.2 Å². The van der Waals surface area contributed by atoms with Crippen molar-refractivity contribution in [3.05, 3.63) is 11.6 Å². The van der Waals surface area contributed by atoms with Crippen LogP contribution in [0.15, 0.2) is 11.6 Å². The van der Waals surface area contributed by atoms with Crippen LogP contribution in [0.25, 0.3) is 0 Å². The smallest absolute Gasteiger partial charge is 0.333 e. The van der Waals surface area contributed by atoms with Crippen molar-refractivity contribution in [3.63, 3.8) is 0 Å². The first kappa shape index (κ1) is 18.9. The lowest BCUT2D eigenvalue weighted by molar-refractivity contribution is -0.230. The van der Waals surface area contributed by atoms with Gasteiger partial charge in [-0.15, -0.1) is 0 Å². The number of hydrogen-bond donors (Lipinski definition) is 2. The van der Waals surface area contributed by atoms with E-state index in [1.54, 1.807) is 0 Å². The van der Waals surface area contributed by atoms with E-state index < -0.39 is 22.6 Å². The molecule has 0 spiro atoms. The highest BCUT2D eigenvalue weighted by atomic mass is 16.7. The predicted molar refractivity (Wildman–Crippen MR) is 96.1 cm³/mol. The summed E-state index contributed by atoms with van der Waals surface area (Å²) in [5.74, 6) is -2.01. The summed E-state index contributed by atoms with van der Waals surface area (Å²) in [7, 11) is 1.43. The molecule has 0 aromatic heterocycles. The monoisotopic (exact) mass is 378 g/mol. The number of ether oxygens (including phenoxy) is 2. The SMILES string of the molecule is COC(=O)[C@]1(C)CCC[C@@]2(CO)C1CC[C@H]1[C@@H](C)C3=CC(=O)O[C@]3(O)C[C@@H]12. The molecule has 0 aromatic carbocycles. The number of rotatable bonds is 2. The third-order valence-electron chi connectivity index (χ3n) is 8.41. The fourth-order valence-electron chi connectivity index (χ4n) is 7.21. The molecule has 2 N–H and O–H groups in total. The van der Waals surface area contributed by atoms with Gasteiger partial charge in [0.2, 0.25) is 5.79 Å². The lowest BCUT2D eigenvalue weighted by Crippen LogP contribution is -2.62. The molecule has 150 valence electrons. The van der Waals surface area contributed by atoms with Crippen LogP contribution in [0.1, 0.15) is 52.4 Å². The second kappa shape index (κ2) is 6.05. The minimum atomic E-state index is -1.57. The van der Waals surface area contributed by atoms with Crippen LogP contribution < -0.4 is 0 Å². The van der Waals surface area contributed by atoms with Gasteiger partial charge in [-0.1, -0.05) is 13.3 Å². The molecule has 6 nitrogen and oxygen atoms in total. The van der Waals surface area contributed by atoms with Crippen molar-refractivity contribution in [3.8, 4) is 0 Å². The minimum Gasteiger partial charge on any atom is -0.469 e. The van der Waals surface area contributed by atoms with Gasteiger partial charge in [0.15, 0.2) is 0 Å². The quantitative estimate of drug-likeness (QED) is 0.716. The average molecular weight is 378 g/mol. The summed E-state index contributed by atoms with van der Waals surface area (Å²) >= 11 is 0. The minimum absolute atomic E-state index is 0.00381. The zero-order valence-electron chi connectivity index (χ0n) is 16.4. The summed E-state index contributed by atoms with van der Waals surface area (Å²) in [4.78, 5) is 24.5. The van der Waals surface area contributed by atoms with E-state index in [2.05, 4.69) is 0 Å². The fraction of sp³-hybridized carbons (Fsp3) is 0.810. The molecule has 1 aliphatic heterocycles. The number of fused-ring (bicyclic) bond motifs is 4. The Morgan fingerprint density at radius 3 is 2.78 bits per heavy atom. The summed E-state index contributed by atoms with van der Waals surface area (Å²) in [5.41, 5.74) is -0.421. The van der Waals surface area contributed by atoms with Crippen molar-refractivity contribution >= 4 is 11.9 Å². The Morgan fingerprint density at radius 1 is 1.37 bits per heavy atom. The largest absolute Gasteiger partial charge is 0.469 e. The van der Waals surface area contributed by atoms with Gasteiger partial charge in [-0.3, -0.25) is 4.79 Å². The maximum atomic E-state index is 12.7. The van der Waals surface area contributed by atoms with Gasteiger partial charge in [0.25, 0.3) is 0 Å². The Morgan fingerprint density at radius 2 is 2.11 bits per heavy atom. The van der Waals surface area contributed by atoms with Crippen LogP contribution in [0.4, 0.5) is 0 Å². The van der Waals surface area contributed by atoms with Crippen LogP contribution >= 0.6 is 0 Å². The zero-order chi connectivity index (χ0) is 19.6. The van der Waals surface area contributed by atoms with Gasteiger partial charge in [0, 0.05) is 30.1 Å². The number of aliphatic hydroxyl groups is 2. The molecule has 27 heavy (non-hydrogen) atoms. The molecule has 0 bridgehead atoms. The normalized spacial score (nSPS) is 48.6. The molecule has 0 amide bonds. The summed E-state index contributed by atoms with van der Waals surface area (Å²) in [6, 6.07) is 0. The van der Waals surface area contributed by atoms with E-state index >= 15 is 0 Å². The number of methoxy groups -OCH3 is 1. The molecule has 6 heteroatoms. The van der Waals surface area contributed by atoms with Crippen molar-refractivity contribution in [2.45, 2.75) is 58.2 Å². The number of aliphatic hydroxyl groups excluding tert-OH is 1. The molecule has 4 aliphatic rings. The van der Waals surface area contributed by atoms with Gasteiger partial charge in [-0.2, -0.15) is 0 Å². The van der Waals surface area contributed by atoms with E-state index in [1.165, 1.54) is 13.2 Å². The maximum Gasteiger partial charge on any atom is 0.333 e. The van der Waals surface area contributed by atoms with E-state index in [9.17, 15) is 19.8 Å². The first-order valence-corrected chi connectivity index (χ1v) is 10.1. The summed E-state index contributed by atoms with van der Waals surface area (Å²) in [6.45, 7) is 3.99. The zero-order valence-corrected chi connectivity index (χ0v) is 16.4. The van der Waals surface area contributed by atoms with E-state index in [1.807, 2.05) is 13.8 Å². The summed E-state index contributed by atoms with van der Waals surface area (Å²) in [6.07, 6.45) is 5.90. The molecular formula is C21H30O6. The summed E-state index contributed by atoms with van der Waals surface area (Å²) in [5, 5.41) is 21.7. The standard InChI is InChI=1S/C21H30O6/c1-12-13-5-6-16-19(2,18(24)26-3)7-4-8-20(16,11-22)15(13)10-21(25)14(12)9-17(23)27-21/h9,12-13,15-16,22,25H,4-8,10-11H2,1-3H3/t12-,13+,15+,16?,19-,20+,21-/m1/s1. The van der Waals surface area contributed by atoms with Crippen LogP contribution in [0.3, 0.4) is 0 Å². The number of carbonyl (C=O) groups excluding carboxylic acids is 2. The van der Waals surface area contributed by atoms with Crippen molar-refractivity contribution < 1.29 is 29.3 Å². The highest BCUT2D eigenvalue weighted by Crippen LogP contribution is 2.66. The second-order valence-corrected chi connectivity index (χ2v) is 9.35. The number of esters is 2. The lowest BCUT2D eigenvalue weighted by atomic mass is 9.42. The predicted octanol–water partition coefficient (Wildman–Crippen LogP) is 2.18. The Bertz CT molecular complexity index is 701. The number of hydrogen-bond acceptors (Lipinski definition) is 6. The first-order chi connectivity index (χ1) is 12.7. The first-order valence-electron chi connectivity index (χ1n) is 10.1. The molecule has 3 fully saturated rings.